The van der Waals surface area contributed by atoms with Crippen LogP contribution in [0.4, 0.5) is 4.79 Å². The van der Waals surface area contributed by atoms with Gasteiger partial charge in [-0.15, -0.1) is 0 Å². The highest BCUT2D eigenvalue weighted by Gasteiger charge is 2.39. The van der Waals surface area contributed by atoms with Crippen LogP contribution < -0.4 is 11.1 Å². The van der Waals surface area contributed by atoms with E-state index in [4.69, 9.17) is 22.7 Å². The van der Waals surface area contributed by atoms with Gasteiger partial charge in [0, 0.05) is 0 Å². The monoisotopic (exact) mass is 286 g/mol. The van der Waals surface area contributed by atoms with Crippen LogP contribution in [-0.4, -0.2) is 22.2 Å². The normalized spacial score (nSPS) is 27.7. The van der Waals surface area contributed by atoms with Crippen molar-refractivity contribution in [3.63, 3.8) is 0 Å². The first kappa shape index (κ1) is 16.2. The van der Waals surface area contributed by atoms with Crippen molar-refractivity contribution in [3.05, 3.63) is 0 Å². The highest BCUT2D eigenvalue weighted by molar-refractivity contribution is 7.80. The van der Waals surface area contributed by atoms with Crippen LogP contribution in [-0.2, 0) is 4.74 Å². The Morgan fingerprint density at radius 2 is 1.95 bits per heavy atom. The van der Waals surface area contributed by atoms with E-state index in [0.717, 1.165) is 25.7 Å². The number of amides is 1. The summed E-state index contributed by atoms with van der Waals surface area (Å²) >= 11 is 5.17. The van der Waals surface area contributed by atoms with E-state index in [9.17, 15) is 4.79 Å². The van der Waals surface area contributed by atoms with E-state index in [1.807, 2.05) is 20.8 Å². The lowest BCUT2D eigenvalue weighted by Gasteiger charge is -2.40. The third-order valence-corrected chi connectivity index (χ3v) is 4.14. The molecule has 5 heteroatoms. The molecule has 0 atom stereocenters. The van der Waals surface area contributed by atoms with Gasteiger partial charge in [-0.05, 0) is 52.4 Å². The Morgan fingerprint density at radius 1 is 1.42 bits per heavy atom. The minimum Gasteiger partial charge on any atom is -0.444 e. The van der Waals surface area contributed by atoms with E-state index >= 15 is 0 Å². The lowest BCUT2D eigenvalue weighted by Crippen LogP contribution is -2.59. The molecule has 0 aromatic carbocycles. The third-order valence-electron chi connectivity index (χ3n) is 3.75. The summed E-state index contributed by atoms with van der Waals surface area (Å²) in [6, 6.07) is 0. The zero-order chi connectivity index (χ0) is 14.7. The largest absolute Gasteiger partial charge is 0.444 e. The number of ether oxygens (including phenoxy) is 1. The standard InChI is InChI=1S/C14H26N2O2S/c1-5-10-6-8-14(9-7-10,11(15)19)16-12(17)18-13(2,3)4/h10H,5-9H2,1-4H3,(H2,15,19)(H,16,17). The molecular weight excluding hydrogens is 260 g/mol. The maximum atomic E-state index is 11.9. The second kappa shape index (κ2) is 6.07. The fraction of sp³-hybridized carbons (Fsp3) is 0.857. The lowest BCUT2D eigenvalue weighted by atomic mass is 9.75. The Balaban J connectivity index is 2.69. The molecule has 1 aliphatic rings. The summed E-state index contributed by atoms with van der Waals surface area (Å²) in [6.07, 6.45) is 4.43. The molecule has 1 aliphatic carbocycles. The summed E-state index contributed by atoms with van der Waals surface area (Å²) in [6.45, 7) is 7.72. The molecule has 0 aliphatic heterocycles. The van der Waals surface area contributed by atoms with Crippen molar-refractivity contribution >= 4 is 23.3 Å². The molecule has 19 heavy (non-hydrogen) atoms. The van der Waals surface area contributed by atoms with Crippen molar-refractivity contribution in [3.8, 4) is 0 Å². The maximum Gasteiger partial charge on any atom is 0.408 e. The molecular formula is C14H26N2O2S. The second-order valence-electron chi connectivity index (χ2n) is 6.42. The molecule has 1 amide bonds. The summed E-state index contributed by atoms with van der Waals surface area (Å²) in [4.78, 5) is 12.3. The van der Waals surface area contributed by atoms with Gasteiger partial charge in [0.25, 0.3) is 0 Å². The van der Waals surface area contributed by atoms with Crippen molar-refractivity contribution in [2.45, 2.75) is 70.9 Å². The zero-order valence-corrected chi connectivity index (χ0v) is 13.2. The van der Waals surface area contributed by atoms with Crippen molar-refractivity contribution in [1.82, 2.24) is 5.32 Å². The van der Waals surface area contributed by atoms with E-state index in [1.165, 1.54) is 6.42 Å². The number of carbonyl (C=O) groups is 1. The van der Waals surface area contributed by atoms with Gasteiger partial charge in [0.15, 0.2) is 0 Å². The predicted molar refractivity (Wildman–Crippen MR) is 81.1 cm³/mol. The summed E-state index contributed by atoms with van der Waals surface area (Å²) in [7, 11) is 0. The van der Waals surface area contributed by atoms with Gasteiger partial charge in [0.2, 0.25) is 0 Å². The van der Waals surface area contributed by atoms with Gasteiger partial charge >= 0.3 is 6.09 Å². The first-order chi connectivity index (χ1) is 8.68. The molecule has 1 fully saturated rings. The van der Waals surface area contributed by atoms with Crippen molar-refractivity contribution < 1.29 is 9.53 Å². The summed E-state index contributed by atoms with van der Waals surface area (Å²) in [5, 5.41) is 2.91. The van der Waals surface area contributed by atoms with E-state index in [1.54, 1.807) is 0 Å². The number of nitrogens with two attached hydrogens (primary N) is 1. The van der Waals surface area contributed by atoms with E-state index in [2.05, 4.69) is 12.2 Å². The van der Waals surface area contributed by atoms with Crippen molar-refractivity contribution in [2.75, 3.05) is 0 Å². The average molecular weight is 286 g/mol. The fourth-order valence-corrected chi connectivity index (χ4v) is 2.77. The van der Waals surface area contributed by atoms with Crippen molar-refractivity contribution in [1.29, 1.82) is 0 Å². The Kier molecular flexibility index (Phi) is 5.18. The molecule has 3 N–H and O–H groups in total. The molecule has 0 heterocycles. The zero-order valence-electron chi connectivity index (χ0n) is 12.4. The van der Waals surface area contributed by atoms with Gasteiger partial charge in [-0.2, -0.15) is 0 Å². The van der Waals surface area contributed by atoms with Crippen LogP contribution in [0, 0.1) is 5.92 Å². The summed E-state index contributed by atoms with van der Waals surface area (Å²) in [5.41, 5.74) is 4.78. The first-order valence-electron chi connectivity index (χ1n) is 6.99. The molecule has 0 radical (unpaired) electrons. The summed E-state index contributed by atoms with van der Waals surface area (Å²) in [5.74, 6) is 0.711. The van der Waals surface area contributed by atoms with Crippen LogP contribution in [0.5, 0.6) is 0 Å². The maximum absolute atomic E-state index is 11.9. The molecule has 0 saturated heterocycles. The van der Waals surface area contributed by atoms with E-state index in [-0.39, 0.29) is 0 Å². The Bertz CT molecular complexity index is 342. The molecule has 0 spiro atoms. The highest BCUT2D eigenvalue weighted by Crippen LogP contribution is 2.34. The Labute approximate surface area is 121 Å². The quantitative estimate of drug-likeness (QED) is 0.782. The van der Waals surface area contributed by atoms with Crippen LogP contribution in [0.2, 0.25) is 0 Å². The van der Waals surface area contributed by atoms with Gasteiger partial charge in [-0.1, -0.05) is 25.6 Å². The van der Waals surface area contributed by atoms with Crippen LogP contribution >= 0.6 is 12.2 Å². The highest BCUT2D eigenvalue weighted by atomic mass is 32.1. The molecule has 1 rings (SSSR count). The fourth-order valence-electron chi connectivity index (χ4n) is 2.51. The van der Waals surface area contributed by atoms with E-state index in [0.29, 0.717) is 10.9 Å². The number of carbonyl (C=O) groups excluding carboxylic acids is 1. The molecule has 1 saturated carbocycles. The molecule has 4 nitrogen and oxygen atoms in total. The van der Waals surface area contributed by atoms with Gasteiger partial charge < -0.3 is 15.8 Å². The average Bonchev–Trinajstić information content (AvgIpc) is 2.27. The smallest absolute Gasteiger partial charge is 0.408 e. The molecule has 0 aromatic rings. The van der Waals surface area contributed by atoms with E-state index < -0.39 is 17.2 Å². The Hall–Kier alpha value is -0.840. The summed E-state index contributed by atoms with van der Waals surface area (Å²) < 4.78 is 5.30. The minimum absolute atomic E-state index is 0.368. The molecule has 0 aromatic heterocycles. The second-order valence-corrected chi connectivity index (χ2v) is 6.86. The number of hydrogen-bond acceptors (Lipinski definition) is 3. The third kappa shape index (κ3) is 4.64. The van der Waals surface area contributed by atoms with Gasteiger partial charge in [0.1, 0.15) is 5.60 Å². The van der Waals surface area contributed by atoms with Crippen molar-refractivity contribution in [2.24, 2.45) is 11.7 Å². The number of hydrogen-bond donors (Lipinski definition) is 2. The van der Waals surface area contributed by atoms with Gasteiger partial charge in [0.05, 0.1) is 10.5 Å². The van der Waals surface area contributed by atoms with Gasteiger partial charge in [-0.3, -0.25) is 0 Å². The molecule has 0 bridgehead atoms. The number of thiocarbonyl (C=S) groups is 1. The first-order valence-corrected chi connectivity index (χ1v) is 7.40. The van der Waals surface area contributed by atoms with Crippen LogP contribution in [0.1, 0.15) is 59.8 Å². The number of nitrogens with one attached hydrogen (secondary N) is 1. The Morgan fingerprint density at radius 3 is 2.32 bits per heavy atom. The number of alkyl carbamates (subject to hydrolysis) is 1. The number of rotatable bonds is 3. The SMILES string of the molecule is CCC1CCC(NC(=O)OC(C)(C)C)(C(N)=S)CC1. The predicted octanol–water partition coefficient (Wildman–Crippen LogP) is 3.14. The molecule has 0 unspecified atom stereocenters. The minimum atomic E-state index is -0.566. The van der Waals surface area contributed by atoms with Crippen LogP contribution in [0.25, 0.3) is 0 Å². The van der Waals surface area contributed by atoms with Crippen LogP contribution in [0.3, 0.4) is 0 Å². The van der Waals surface area contributed by atoms with Gasteiger partial charge in [-0.25, -0.2) is 4.79 Å². The lowest BCUT2D eigenvalue weighted by molar-refractivity contribution is 0.0459. The molecule has 110 valence electrons. The topological polar surface area (TPSA) is 64.3 Å². The van der Waals surface area contributed by atoms with Crippen LogP contribution in [0.15, 0.2) is 0 Å².